The smallest absolute Gasteiger partial charge is 0.416 e. The molecule has 0 fully saturated rings. The van der Waals surface area contributed by atoms with E-state index in [0.29, 0.717) is 55.7 Å². The zero-order valence-corrected chi connectivity index (χ0v) is 31.1. The van der Waals surface area contributed by atoms with Crippen molar-refractivity contribution in [3.63, 3.8) is 0 Å². The van der Waals surface area contributed by atoms with Gasteiger partial charge in [-0.25, -0.2) is 19.4 Å². The van der Waals surface area contributed by atoms with Crippen molar-refractivity contribution in [2.45, 2.75) is 51.8 Å². The van der Waals surface area contributed by atoms with E-state index in [1.54, 1.807) is 24.3 Å². The molecule has 0 bridgehead atoms. The number of primary amides is 1. The molecular weight excluding hydrogens is 743 g/mol. The van der Waals surface area contributed by atoms with E-state index in [4.69, 9.17) is 30.1 Å². The molecule has 0 atom stereocenters. The third kappa shape index (κ3) is 13.2. The number of pyridine rings is 1. The molecule has 0 unspecified atom stereocenters. The fraction of sp³-hybridized carbons (Fsp3) is 0.417. The van der Waals surface area contributed by atoms with Crippen LogP contribution in [0, 0.1) is 0 Å². The van der Waals surface area contributed by atoms with Gasteiger partial charge in [0.1, 0.15) is 24.2 Å². The average Bonchev–Trinajstić information content (AvgIpc) is 3.80. The lowest BCUT2D eigenvalue weighted by Crippen LogP contribution is -2.42. The number of unbranched alkanes of at least 4 members (excludes halogenated alkanes) is 2. The Bertz CT molecular complexity index is 1940. The Hall–Kier alpha value is -5.86. The number of nitrogens with two attached hydrogens (primary N) is 2. The molecule has 6 N–H and O–H groups in total. The molecule has 4 amide bonds. The summed E-state index contributed by atoms with van der Waals surface area (Å²) in [5, 5.41) is 9.46. The number of alkyl halides is 3. The maximum Gasteiger partial charge on any atom is 0.416 e. The fourth-order valence-electron chi connectivity index (χ4n) is 4.89. The first-order valence-electron chi connectivity index (χ1n) is 17.5. The summed E-state index contributed by atoms with van der Waals surface area (Å²) in [6.45, 7) is 5.79. The molecule has 56 heavy (non-hydrogen) atoms. The minimum Gasteiger partial charge on any atom is -0.444 e. The highest BCUT2D eigenvalue weighted by atomic mass is 19.4. The summed E-state index contributed by atoms with van der Waals surface area (Å²) in [6.07, 6.45) is 0.168. The number of hydrogen-bond donors (Lipinski definition) is 4. The molecule has 0 saturated carbocycles. The number of nitrogens with one attached hydrogen (secondary N) is 2. The number of carbonyl (C=O) groups is 4. The number of oxazole rings is 1. The number of carbonyl (C=O) groups excluding carboxylic acids is 4. The summed E-state index contributed by atoms with van der Waals surface area (Å²) < 4.78 is 62.9. The zero-order chi connectivity index (χ0) is 40.9. The van der Waals surface area contributed by atoms with E-state index in [1.165, 1.54) is 37.7 Å². The third-order valence-corrected chi connectivity index (χ3v) is 7.42. The van der Waals surface area contributed by atoms with Crippen LogP contribution in [0.3, 0.4) is 0 Å². The molecule has 0 spiro atoms. The van der Waals surface area contributed by atoms with Gasteiger partial charge in [-0.2, -0.15) is 18.3 Å². The molecule has 0 aliphatic carbocycles. The van der Waals surface area contributed by atoms with Crippen molar-refractivity contribution >= 4 is 35.3 Å². The summed E-state index contributed by atoms with van der Waals surface area (Å²) in [4.78, 5) is 59.0. The Labute approximate surface area is 319 Å². The lowest BCUT2D eigenvalue weighted by molar-refractivity contribution is -0.119. The van der Waals surface area contributed by atoms with E-state index < -0.39 is 42.0 Å². The van der Waals surface area contributed by atoms with E-state index in [9.17, 15) is 32.3 Å². The maximum atomic E-state index is 13.4. The van der Waals surface area contributed by atoms with Gasteiger partial charge < -0.3 is 40.7 Å². The van der Waals surface area contributed by atoms with Crippen molar-refractivity contribution in [2.24, 2.45) is 11.5 Å². The molecule has 1 aromatic carbocycles. The van der Waals surface area contributed by atoms with E-state index in [2.05, 4.69) is 25.7 Å². The summed E-state index contributed by atoms with van der Waals surface area (Å²) >= 11 is 0. The number of aromatic nitrogens is 4. The van der Waals surface area contributed by atoms with Gasteiger partial charge in [-0.05, 0) is 76.4 Å². The van der Waals surface area contributed by atoms with E-state index in [0.717, 1.165) is 37.8 Å². The minimum atomic E-state index is -4.78. The number of benzene rings is 1. The van der Waals surface area contributed by atoms with Crippen molar-refractivity contribution in [1.29, 1.82) is 0 Å². The Balaban J connectivity index is 1.37. The summed E-state index contributed by atoms with van der Waals surface area (Å²) in [5.41, 5.74) is 10.1. The molecule has 3 heterocycles. The van der Waals surface area contributed by atoms with Gasteiger partial charge in [0, 0.05) is 43.6 Å². The van der Waals surface area contributed by atoms with Crippen LogP contribution in [0.15, 0.2) is 59.5 Å². The maximum absolute atomic E-state index is 13.4. The zero-order valence-electron chi connectivity index (χ0n) is 31.1. The highest BCUT2D eigenvalue weighted by Gasteiger charge is 2.37. The van der Waals surface area contributed by atoms with Crippen molar-refractivity contribution in [1.82, 2.24) is 25.1 Å². The number of anilines is 2. The van der Waals surface area contributed by atoms with Crippen LogP contribution in [0.5, 0.6) is 0 Å². The van der Waals surface area contributed by atoms with Gasteiger partial charge >= 0.3 is 12.3 Å². The minimum absolute atomic E-state index is 0.0693. The fourth-order valence-corrected chi connectivity index (χ4v) is 4.89. The molecule has 0 aliphatic heterocycles. The molecule has 0 radical (unpaired) electrons. The summed E-state index contributed by atoms with van der Waals surface area (Å²) in [6, 6.07) is 8.74. The Morgan fingerprint density at radius 1 is 0.946 bits per heavy atom. The Kier molecular flexibility index (Phi) is 15.0. The number of hydrogen-bond acceptors (Lipinski definition) is 12. The number of ether oxygens (including phenoxy) is 3. The molecule has 4 rings (SSSR count). The van der Waals surface area contributed by atoms with Gasteiger partial charge in [-0.3, -0.25) is 19.3 Å². The summed E-state index contributed by atoms with van der Waals surface area (Å²) in [5.74, 6) is -2.70. The quantitative estimate of drug-likeness (QED) is 0.0965. The molecule has 0 aliphatic rings. The van der Waals surface area contributed by atoms with Crippen molar-refractivity contribution in [3.05, 3.63) is 72.0 Å². The number of halogens is 3. The van der Waals surface area contributed by atoms with Gasteiger partial charge in [0.15, 0.2) is 11.4 Å². The van der Waals surface area contributed by atoms with E-state index in [-0.39, 0.29) is 34.4 Å². The highest BCUT2D eigenvalue weighted by molar-refractivity contribution is 6.07. The first kappa shape index (κ1) is 42.9. The van der Waals surface area contributed by atoms with Gasteiger partial charge in [-0.1, -0.05) is 0 Å². The molecule has 302 valence electrons. The second-order valence-electron chi connectivity index (χ2n) is 13.2. The van der Waals surface area contributed by atoms with Crippen LogP contribution in [0.4, 0.5) is 29.5 Å². The first-order chi connectivity index (χ1) is 26.5. The van der Waals surface area contributed by atoms with Gasteiger partial charge in [0.05, 0.1) is 30.8 Å². The lowest BCUT2D eigenvalue weighted by atomic mass is 10.2. The van der Waals surface area contributed by atoms with Crippen LogP contribution >= 0.6 is 0 Å². The molecule has 17 nitrogen and oxygen atoms in total. The van der Waals surface area contributed by atoms with Crippen molar-refractivity contribution in [3.8, 4) is 17.1 Å². The Morgan fingerprint density at radius 2 is 1.64 bits per heavy atom. The number of rotatable bonds is 19. The number of amides is 4. The Morgan fingerprint density at radius 3 is 2.29 bits per heavy atom. The van der Waals surface area contributed by atoms with E-state index >= 15 is 0 Å². The van der Waals surface area contributed by atoms with Crippen molar-refractivity contribution < 1.29 is 51.0 Å². The predicted octanol–water partition coefficient (Wildman–Crippen LogP) is 4.47. The number of nitrogens with zero attached hydrogens (tertiary/aromatic N) is 5. The van der Waals surface area contributed by atoms with Crippen molar-refractivity contribution in [2.75, 3.05) is 56.3 Å². The van der Waals surface area contributed by atoms with Crippen LogP contribution in [0.25, 0.3) is 17.1 Å². The van der Waals surface area contributed by atoms with Crippen LogP contribution in [0.2, 0.25) is 0 Å². The standard InChI is InChI=1S/C36H44F3N9O8/c1-35(2,3)56-34(52)47(22-36(37,38)39)28-19-24(11-13-42-28)33-45-27(21-55-33)32(51)44-26-20-48(46-29(26)30(41)49)25-9-7-23(8-10-25)31(50)43-14-18-54-16-6-4-5-15-53-17-12-40/h7-11,13,19-21H,4-6,12,14-18,22,40H2,1-3H3,(H2,41,49)(H,43,50)(H,44,51). The first-order valence-corrected chi connectivity index (χ1v) is 17.5. The van der Waals surface area contributed by atoms with Crippen LogP contribution in [-0.2, 0) is 14.2 Å². The highest BCUT2D eigenvalue weighted by Crippen LogP contribution is 2.27. The van der Waals surface area contributed by atoms with Gasteiger partial charge in [0.2, 0.25) is 5.89 Å². The molecule has 20 heteroatoms. The SMILES string of the molecule is CC(C)(C)OC(=O)N(CC(F)(F)F)c1cc(-c2nc(C(=O)Nc3cn(-c4ccc(C(=O)NCCOCCCCCOCCN)cc4)nc3C(N)=O)co2)ccn1. The molecule has 4 aromatic rings. The second kappa shape index (κ2) is 19.6. The van der Waals surface area contributed by atoms with Gasteiger partial charge in [-0.15, -0.1) is 0 Å². The topological polar surface area (TPSA) is 232 Å². The van der Waals surface area contributed by atoms with E-state index in [1.807, 2.05) is 0 Å². The summed E-state index contributed by atoms with van der Waals surface area (Å²) in [7, 11) is 0. The molecule has 3 aromatic heterocycles. The largest absolute Gasteiger partial charge is 0.444 e. The normalized spacial score (nSPS) is 11.6. The monoisotopic (exact) mass is 787 g/mol. The van der Waals surface area contributed by atoms with Gasteiger partial charge in [0.25, 0.3) is 17.7 Å². The predicted molar refractivity (Wildman–Crippen MR) is 196 cm³/mol. The average molecular weight is 788 g/mol. The van der Waals surface area contributed by atoms with Crippen LogP contribution in [-0.4, -0.2) is 101 Å². The third-order valence-electron chi connectivity index (χ3n) is 7.42. The second-order valence-corrected chi connectivity index (χ2v) is 13.2. The lowest BCUT2D eigenvalue weighted by Gasteiger charge is -2.27. The molecule has 0 saturated heterocycles. The molecular formula is C36H44F3N9O8. The van der Waals surface area contributed by atoms with Crippen LogP contribution in [0.1, 0.15) is 71.4 Å². The van der Waals surface area contributed by atoms with Crippen LogP contribution < -0.4 is 27.0 Å².